The van der Waals surface area contributed by atoms with Gasteiger partial charge in [0.1, 0.15) is 0 Å². The summed E-state index contributed by atoms with van der Waals surface area (Å²) in [4.78, 5) is 27.7. The van der Waals surface area contributed by atoms with Gasteiger partial charge in [-0.1, -0.05) is 12.1 Å². The lowest BCUT2D eigenvalue weighted by atomic mass is 10.0. The molecule has 0 aromatic heterocycles. The van der Waals surface area contributed by atoms with Crippen molar-refractivity contribution in [2.75, 3.05) is 25.5 Å². The number of anilines is 1. The third-order valence-corrected chi connectivity index (χ3v) is 7.70. The highest BCUT2D eigenvalue weighted by molar-refractivity contribution is 7.89. The average molecular weight is 444 g/mol. The van der Waals surface area contributed by atoms with Crippen LogP contribution in [-0.2, 0) is 10.0 Å². The molecule has 0 atom stereocenters. The molecule has 1 heterocycles. The van der Waals surface area contributed by atoms with E-state index < -0.39 is 15.9 Å². The Bertz CT molecular complexity index is 1070. The molecule has 166 valence electrons. The number of likely N-dealkylation sites (tertiary alicyclic amines) is 1. The summed E-state index contributed by atoms with van der Waals surface area (Å²) in [6, 6.07) is 11.0. The van der Waals surface area contributed by atoms with Gasteiger partial charge in [0, 0.05) is 31.7 Å². The number of aryl methyl sites for hydroxylation is 1. The molecule has 1 aliphatic heterocycles. The topological polar surface area (TPSA) is 86.8 Å². The molecule has 1 fully saturated rings. The molecule has 0 radical (unpaired) electrons. The van der Waals surface area contributed by atoms with Crippen LogP contribution in [0.15, 0.2) is 47.4 Å². The summed E-state index contributed by atoms with van der Waals surface area (Å²) >= 11 is 0. The van der Waals surface area contributed by atoms with Gasteiger partial charge < -0.3 is 10.2 Å². The van der Waals surface area contributed by atoms with Crippen molar-refractivity contribution in [1.82, 2.24) is 9.21 Å². The standard InChI is InChI=1S/C23H29N3O4S/c1-16(2)25(4)31(29,30)19-12-10-18(11-13-19)22(27)24-20-9-7-8-17(3)21(20)23(28)26-14-5-6-15-26/h7-13,16H,5-6,14-15H2,1-4H3,(H,24,27). The Labute approximate surface area is 184 Å². The highest BCUT2D eigenvalue weighted by Gasteiger charge is 2.25. The molecule has 0 bridgehead atoms. The van der Waals surface area contributed by atoms with Crippen LogP contribution < -0.4 is 5.32 Å². The molecular weight excluding hydrogens is 414 g/mol. The fraction of sp³-hybridized carbons (Fsp3) is 0.391. The molecule has 0 unspecified atom stereocenters. The smallest absolute Gasteiger partial charge is 0.256 e. The predicted octanol–water partition coefficient (Wildman–Crippen LogP) is 3.51. The quantitative estimate of drug-likeness (QED) is 0.740. The lowest BCUT2D eigenvalue weighted by Gasteiger charge is -2.21. The minimum absolute atomic E-state index is 0.0796. The minimum atomic E-state index is -3.62. The number of benzene rings is 2. The van der Waals surface area contributed by atoms with Gasteiger partial charge in [-0.15, -0.1) is 0 Å². The molecule has 1 saturated heterocycles. The number of rotatable bonds is 6. The Morgan fingerprint density at radius 2 is 1.65 bits per heavy atom. The first-order chi connectivity index (χ1) is 14.6. The third kappa shape index (κ3) is 4.80. The van der Waals surface area contributed by atoms with Crippen LogP contribution in [0.1, 0.15) is 53.0 Å². The number of amides is 2. The lowest BCUT2D eigenvalue weighted by molar-refractivity contribution is 0.0793. The molecular formula is C23H29N3O4S. The Morgan fingerprint density at radius 1 is 1.03 bits per heavy atom. The number of nitrogens with zero attached hydrogens (tertiary/aromatic N) is 2. The molecule has 2 aromatic carbocycles. The molecule has 3 rings (SSSR count). The number of carbonyl (C=O) groups excluding carboxylic acids is 2. The van der Waals surface area contributed by atoms with E-state index in [1.165, 1.54) is 35.6 Å². The van der Waals surface area contributed by atoms with Crippen LogP contribution in [0, 0.1) is 6.92 Å². The van der Waals surface area contributed by atoms with E-state index in [0.29, 0.717) is 16.8 Å². The van der Waals surface area contributed by atoms with Gasteiger partial charge in [0.05, 0.1) is 16.1 Å². The fourth-order valence-electron chi connectivity index (χ4n) is 3.55. The summed E-state index contributed by atoms with van der Waals surface area (Å²) in [5.41, 5.74) is 2.06. The van der Waals surface area contributed by atoms with Gasteiger partial charge in [-0.3, -0.25) is 9.59 Å². The largest absolute Gasteiger partial charge is 0.339 e. The molecule has 31 heavy (non-hydrogen) atoms. The number of hydrogen-bond donors (Lipinski definition) is 1. The van der Waals surface area contributed by atoms with Gasteiger partial charge in [-0.25, -0.2) is 8.42 Å². The first kappa shape index (κ1) is 23.0. The summed E-state index contributed by atoms with van der Waals surface area (Å²) in [5.74, 6) is -0.480. The monoisotopic (exact) mass is 443 g/mol. The maximum absolute atomic E-state index is 13.0. The Hall–Kier alpha value is -2.71. The molecule has 2 amide bonds. The molecule has 1 N–H and O–H groups in total. The van der Waals surface area contributed by atoms with E-state index in [2.05, 4.69) is 5.32 Å². The molecule has 2 aromatic rings. The zero-order chi connectivity index (χ0) is 22.8. The summed E-state index contributed by atoms with van der Waals surface area (Å²) in [6.45, 7) is 6.89. The average Bonchev–Trinajstić information content (AvgIpc) is 3.28. The van der Waals surface area contributed by atoms with Crippen molar-refractivity contribution >= 4 is 27.5 Å². The van der Waals surface area contributed by atoms with Crippen LogP contribution >= 0.6 is 0 Å². The van der Waals surface area contributed by atoms with E-state index >= 15 is 0 Å². The molecule has 1 aliphatic rings. The van der Waals surface area contributed by atoms with Crippen molar-refractivity contribution in [3.8, 4) is 0 Å². The van der Waals surface area contributed by atoms with E-state index in [1.807, 2.05) is 17.9 Å². The van der Waals surface area contributed by atoms with Gasteiger partial charge in [-0.05, 0) is 69.5 Å². The zero-order valence-corrected chi connectivity index (χ0v) is 19.2. The number of carbonyl (C=O) groups is 2. The van der Waals surface area contributed by atoms with Crippen molar-refractivity contribution in [3.05, 3.63) is 59.2 Å². The summed E-state index contributed by atoms with van der Waals surface area (Å²) in [6.07, 6.45) is 1.97. The van der Waals surface area contributed by atoms with Crippen LogP contribution in [0.25, 0.3) is 0 Å². The van der Waals surface area contributed by atoms with E-state index in [0.717, 1.165) is 31.5 Å². The van der Waals surface area contributed by atoms with Gasteiger partial charge in [-0.2, -0.15) is 4.31 Å². The van der Waals surface area contributed by atoms with Crippen molar-refractivity contribution in [1.29, 1.82) is 0 Å². The third-order valence-electron chi connectivity index (χ3n) is 5.65. The number of nitrogens with one attached hydrogen (secondary N) is 1. The van der Waals surface area contributed by atoms with Crippen LogP contribution in [0.2, 0.25) is 0 Å². The van der Waals surface area contributed by atoms with Crippen molar-refractivity contribution in [2.24, 2.45) is 0 Å². The van der Waals surface area contributed by atoms with Gasteiger partial charge in [0.2, 0.25) is 10.0 Å². The Balaban J connectivity index is 1.83. The number of sulfonamides is 1. The van der Waals surface area contributed by atoms with Gasteiger partial charge in [0.15, 0.2) is 0 Å². The highest BCUT2D eigenvalue weighted by atomic mass is 32.2. The van der Waals surface area contributed by atoms with E-state index in [-0.39, 0.29) is 16.8 Å². The van der Waals surface area contributed by atoms with E-state index in [1.54, 1.807) is 26.0 Å². The lowest BCUT2D eigenvalue weighted by Crippen LogP contribution is -2.33. The SMILES string of the molecule is Cc1cccc(NC(=O)c2ccc(S(=O)(=O)N(C)C(C)C)cc2)c1C(=O)N1CCCC1. The van der Waals surface area contributed by atoms with Gasteiger partial charge >= 0.3 is 0 Å². The maximum atomic E-state index is 13.0. The fourth-order valence-corrected chi connectivity index (χ4v) is 4.92. The normalized spacial score (nSPS) is 14.3. The Kier molecular flexibility index (Phi) is 6.81. The number of hydrogen-bond acceptors (Lipinski definition) is 4. The van der Waals surface area contributed by atoms with Crippen molar-refractivity contribution < 1.29 is 18.0 Å². The van der Waals surface area contributed by atoms with Crippen molar-refractivity contribution in [3.63, 3.8) is 0 Å². The molecule has 7 nitrogen and oxygen atoms in total. The van der Waals surface area contributed by atoms with Crippen LogP contribution in [-0.4, -0.2) is 55.6 Å². The van der Waals surface area contributed by atoms with E-state index in [9.17, 15) is 18.0 Å². The maximum Gasteiger partial charge on any atom is 0.256 e. The molecule has 8 heteroatoms. The summed E-state index contributed by atoms with van der Waals surface area (Å²) in [7, 11) is -2.10. The van der Waals surface area contributed by atoms with Gasteiger partial charge in [0.25, 0.3) is 11.8 Å². The first-order valence-electron chi connectivity index (χ1n) is 10.4. The second kappa shape index (κ2) is 9.20. The summed E-state index contributed by atoms with van der Waals surface area (Å²) in [5, 5.41) is 2.82. The second-order valence-corrected chi connectivity index (χ2v) is 10.1. The zero-order valence-electron chi connectivity index (χ0n) is 18.4. The highest BCUT2D eigenvalue weighted by Crippen LogP contribution is 2.25. The molecule has 0 spiro atoms. The van der Waals surface area contributed by atoms with Crippen LogP contribution in [0.3, 0.4) is 0 Å². The second-order valence-electron chi connectivity index (χ2n) is 8.09. The van der Waals surface area contributed by atoms with Crippen LogP contribution in [0.5, 0.6) is 0 Å². The Morgan fingerprint density at radius 3 is 2.23 bits per heavy atom. The van der Waals surface area contributed by atoms with Crippen LogP contribution in [0.4, 0.5) is 5.69 Å². The first-order valence-corrected chi connectivity index (χ1v) is 11.8. The van der Waals surface area contributed by atoms with Crippen molar-refractivity contribution in [2.45, 2.75) is 44.6 Å². The molecule has 0 saturated carbocycles. The minimum Gasteiger partial charge on any atom is -0.339 e. The molecule has 0 aliphatic carbocycles. The van der Waals surface area contributed by atoms with E-state index in [4.69, 9.17) is 0 Å². The summed E-state index contributed by atoms with van der Waals surface area (Å²) < 4.78 is 26.5. The predicted molar refractivity (Wildman–Crippen MR) is 121 cm³/mol.